The second-order valence-corrected chi connectivity index (χ2v) is 8.19. The van der Waals surface area contributed by atoms with Gasteiger partial charge in [0.1, 0.15) is 0 Å². The summed E-state index contributed by atoms with van der Waals surface area (Å²) in [5.74, 6) is 0.269. The van der Waals surface area contributed by atoms with Crippen molar-refractivity contribution < 1.29 is 4.79 Å². The maximum atomic E-state index is 13.2. The van der Waals surface area contributed by atoms with Gasteiger partial charge >= 0.3 is 0 Å². The van der Waals surface area contributed by atoms with Crippen LogP contribution in [0.15, 0.2) is 60.7 Å². The summed E-state index contributed by atoms with van der Waals surface area (Å²) in [5.41, 5.74) is 5.01. The number of pyridine rings is 1. The number of halogens is 1. The number of anilines is 1. The lowest BCUT2D eigenvalue weighted by Gasteiger charge is -2.10. The fourth-order valence-electron chi connectivity index (χ4n) is 3.74. The van der Waals surface area contributed by atoms with Gasteiger partial charge in [0.15, 0.2) is 5.65 Å². The molecule has 1 aliphatic carbocycles. The molecule has 1 amide bonds. The molecule has 0 bridgehead atoms. The summed E-state index contributed by atoms with van der Waals surface area (Å²) in [6, 6.07) is 19.2. The second-order valence-electron chi connectivity index (χ2n) is 7.76. The van der Waals surface area contributed by atoms with Crippen molar-refractivity contribution in [2.45, 2.75) is 32.2 Å². The molecule has 1 saturated carbocycles. The highest BCUT2D eigenvalue weighted by Gasteiger charge is 2.28. The zero-order valence-electron chi connectivity index (χ0n) is 16.6. The van der Waals surface area contributed by atoms with Crippen LogP contribution in [0.2, 0.25) is 5.02 Å². The van der Waals surface area contributed by atoms with Gasteiger partial charge in [0, 0.05) is 22.3 Å². The van der Waals surface area contributed by atoms with E-state index in [1.807, 2.05) is 35.9 Å². The number of nitrogens with one attached hydrogen (secondary N) is 1. The van der Waals surface area contributed by atoms with Gasteiger partial charge in [0.25, 0.3) is 5.91 Å². The Labute approximate surface area is 179 Å². The largest absolute Gasteiger partial charge is 0.322 e. The molecule has 2 aromatic heterocycles. The van der Waals surface area contributed by atoms with Crippen molar-refractivity contribution in [1.29, 1.82) is 0 Å². The van der Waals surface area contributed by atoms with Crippen molar-refractivity contribution in [2.75, 3.05) is 5.32 Å². The summed E-state index contributed by atoms with van der Waals surface area (Å²) < 4.78 is 1.91. The molecule has 6 heteroatoms. The third-order valence-corrected chi connectivity index (χ3v) is 5.67. The van der Waals surface area contributed by atoms with Crippen LogP contribution in [0.5, 0.6) is 0 Å². The van der Waals surface area contributed by atoms with Crippen LogP contribution in [0.3, 0.4) is 0 Å². The predicted molar refractivity (Wildman–Crippen MR) is 119 cm³/mol. The lowest BCUT2D eigenvalue weighted by Crippen LogP contribution is -2.14. The summed E-state index contributed by atoms with van der Waals surface area (Å²) >= 11 is 5.96. The number of nitrogens with zero attached hydrogens (tertiary/aromatic N) is 3. The highest BCUT2D eigenvalue weighted by molar-refractivity contribution is 6.30. The topological polar surface area (TPSA) is 59.8 Å². The molecule has 2 aromatic carbocycles. The molecule has 30 heavy (non-hydrogen) atoms. The quantitative estimate of drug-likeness (QED) is 0.462. The lowest BCUT2D eigenvalue weighted by atomic mass is 10.1. The maximum Gasteiger partial charge on any atom is 0.256 e. The standard InChI is InChI=1S/C24H21ClN4O/c1-15-22-20(24(30)26-19-11-9-18(25)10-12-19)13-21(17-7-8-17)27-23(22)29(28-15)14-16-5-3-2-4-6-16/h2-6,9-13,17H,7-8,14H2,1H3,(H,26,30). The van der Waals surface area contributed by atoms with E-state index in [0.29, 0.717) is 28.7 Å². The van der Waals surface area contributed by atoms with Crippen LogP contribution in [0.25, 0.3) is 11.0 Å². The van der Waals surface area contributed by atoms with Crippen LogP contribution in [-0.2, 0) is 6.54 Å². The van der Waals surface area contributed by atoms with Crippen molar-refractivity contribution in [3.05, 3.63) is 88.2 Å². The average Bonchev–Trinajstić information content (AvgIpc) is 3.55. The van der Waals surface area contributed by atoms with Crippen LogP contribution in [0.1, 0.15) is 46.1 Å². The normalized spacial score (nSPS) is 13.5. The number of hydrogen-bond donors (Lipinski definition) is 1. The van der Waals surface area contributed by atoms with Crippen LogP contribution < -0.4 is 5.32 Å². The first-order valence-electron chi connectivity index (χ1n) is 10.1. The Morgan fingerprint density at radius 3 is 2.57 bits per heavy atom. The van der Waals surface area contributed by atoms with Crippen LogP contribution >= 0.6 is 11.6 Å². The van der Waals surface area contributed by atoms with E-state index in [0.717, 1.165) is 40.8 Å². The maximum absolute atomic E-state index is 13.2. The molecule has 1 N–H and O–H groups in total. The predicted octanol–water partition coefficient (Wildman–Crippen LogP) is 5.57. The number of aromatic nitrogens is 3. The van der Waals surface area contributed by atoms with Gasteiger partial charge < -0.3 is 5.32 Å². The van der Waals surface area contributed by atoms with E-state index < -0.39 is 0 Å². The molecule has 1 fully saturated rings. The fraction of sp³-hybridized carbons (Fsp3) is 0.208. The number of fused-ring (bicyclic) bond motifs is 1. The molecule has 5 nitrogen and oxygen atoms in total. The van der Waals surface area contributed by atoms with Gasteiger partial charge in [-0.2, -0.15) is 5.10 Å². The second kappa shape index (κ2) is 7.58. The van der Waals surface area contributed by atoms with Crippen molar-refractivity contribution in [2.24, 2.45) is 0 Å². The third kappa shape index (κ3) is 3.68. The molecule has 0 aliphatic heterocycles. The Hall–Kier alpha value is -3.18. The molecule has 0 radical (unpaired) electrons. The van der Waals surface area contributed by atoms with E-state index in [2.05, 4.69) is 17.4 Å². The first kappa shape index (κ1) is 18.8. The fourth-order valence-corrected chi connectivity index (χ4v) is 3.86. The zero-order chi connectivity index (χ0) is 20.7. The van der Waals surface area contributed by atoms with Crippen molar-refractivity contribution in [3.8, 4) is 0 Å². The Morgan fingerprint density at radius 1 is 1.13 bits per heavy atom. The summed E-state index contributed by atoms with van der Waals surface area (Å²) in [5, 5.41) is 9.15. The number of aryl methyl sites for hydroxylation is 1. The molecule has 5 rings (SSSR count). The molecule has 2 heterocycles. The third-order valence-electron chi connectivity index (χ3n) is 5.41. The Morgan fingerprint density at radius 2 is 1.87 bits per heavy atom. The highest BCUT2D eigenvalue weighted by atomic mass is 35.5. The van der Waals surface area contributed by atoms with E-state index in [1.54, 1.807) is 24.3 Å². The van der Waals surface area contributed by atoms with Crippen molar-refractivity contribution >= 4 is 34.2 Å². The van der Waals surface area contributed by atoms with Crippen LogP contribution in [-0.4, -0.2) is 20.7 Å². The molecular weight excluding hydrogens is 396 g/mol. The Bertz CT molecular complexity index is 1230. The minimum Gasteiger partial charge on any atom is -0.322 e. The summed E-state index contributed by atoms with van der Waals surface area (Å²) in [4.78, 5) is 18.1. The van der Waals surface area contributed by atoms with E-state index in [4.69, 9.17) is 21.7 Å². The average molecular weight is 417 g/mol. The Kier molecular flexibility index (Phi) is 4.75. The monoisotopic (exact) mass is 416 g/mol. The van der Waals surface area contributed by atoms with E-state index in [9.17, 15) is 4.79 Å². The van der Waals surface area contributed by atoms with Gasteiger partial charge in [-0.25, -0.2) is 9.67 Å². The molecule has 0 unspecified atom stereocenters. The van der Waals surface area contributed by atoms with Gasteiger partial charge in [0.05, 0.1) is 23.2 Å². The molecule has 1 aliphatic rings. The number of carbonyl (C=O) groups excluding carboxylic acids is 1. The lowest BCUT2D eigenvalue weighted by molar-refractivity contribution is 0.102. The van der Waals surface area contributed by atoms with E-state index >= 15 is 0 Å². The zero-order valence-corrected chi connectivity index (χ0v) is 17.4. The molecule has 150 valence electrons. The minimum atomic E-state index is -0.158. The Balaban J connectivity index is 1.58. The number of amides is 1. The molecular formula is C24H21ClN4O. The smallest absolute Gasteiger partial charge is 0.256 e. The number of benzene rings is 2. The molecule has 4 aromatic rings. The SMILES string of the molecule is Cc1nn(Cc2ccccc2)c2nc(C3CC3)cc(C(=O)Nc3ccc(Cl)cc3)c12. The highest BCUT2D eigenvalue weighted by Crippen LogP contribution is 2.40. The number of hydrogen-bond acceptors (Lipinski definition) is 3. The van der Waals surface area contributed by atoms with E-state index in [1.165, 1.54) is 0 Å². The summed E-state index contributed by atoms with van der Waals surface area (Å²) in [6.45, 7) is 2.55. The van der Waals surface area contributed by atoms with Crippen molar-refractivity contribution in [3.63, 3.8) is 0 Å². The minimum absolute atomic E-state index is 0.158. The molecule has 0 atom stereocenters. The molecule has 0 saturated heterocycles. The summed E-state index contributed by atoms with van der Waals surface area (Å²) in [6.07, 6.45) is 2.23. The van der Waals surface area contributed by atoms with Crippen molar-refractivity contribution in [1.82, 2.24) is 14.8 Å². The van der Waals surface area contributed by atoms with Gasteiger partial charge in [0.2, 0.25) is 0 Å². The van der Waals surface area contributed by atoms with Gasteiger partial charge in [-0.15, -0.1) is 0 Å². The first-order valence-corrected chi connectivity index (χ1v) is 10.4. The van der Waals surface area contributed by atoms with Gasteiger partial charge in [-0.05, 0) is 55.7 Å². The number of carbonyl (C=O) groups is 1. The van der Waals surface area contributed by atoms with Gasteiger partial charge in [-0.1, -0.05) is 41.9 Å². The number of rotatable bonds is 5. The molecule has 0 spiro atoms. The van der Waals surface area contributed by atoms with E-state index in [-0.39, 0.29) is 5.91 Å². The van der Waals surface area contributed by atoms with Crippen LogP contribution in [0, 0.1) is 6.92 Å². The summed E-state index contributed by atoms with van der Waals surface area (Å²) in [7, 11) is 0. The van der Waals surface area contributed by atoms with Gasteiger partial charge in [-0.3, -0.25) is 4.79 Å². The van der Waals surface area contributed by atoms with Crippen LogP contribution in [0.4, 0.5) is 5.69 Å². The first-order chi connectivity index (χ1) is 14.6.